The number of nitrogens with one attached hydrogen (secondary N) is 2. The van der Waals surface area contributed by atoms with E-state index < -0.39 is 0 Å². The van der Waals surface area contributed by atoms with Crippen molar-refractivity contribution in [1.29, 1.82) is 0 Å². The Morgan fingerprint density at radius 3 is 2.96 bits per heavy atom. The average Bonchev–Trinajstić information content (AvgIpc) is 3.13. The molecule has 2 aromatic rings. The van der Waals surface area contributed by atoms with Crippen LogP contribution in [0.1, 0.15) is 29.4 Å². The molecule has 1 saturated heterocycles. The summed E-state index contributed by atoms with van der Waals surface area (Å²) in [6.45, 7) is 3.01. The molecule has 1 amide bonds. The zero-order chi connectivity index (χ0) is 16.4. The Morgan fingerprint density at radius 2 is 2.12 bits per heavy atom. The van der Waals surface area contributed by atoms with Crippen LogP contribution in [0.3, 0.4) is 0 Å². The van der Waals surface area contributed by atoms with E-state index in [0.717, 1.165) is 25.9 Å². The highest BCUT2D eigenvalue weighted by Gasteiger charge is 2.18. The Kier molecular flexibility index (Phi) is 4.08. The zero-order valence-electron chi connectivity index (χ0n) is 13.3. The summed E-state index contributed by atoms with van der Waals surface area (Å²) in [6.07, 6.45) is 4.08. The van der Waals surface area contributed by atoms with Crippen molar-refractivity contribution in [3.63, 3.8) is 0 Å². The van der Waals surface area contributed by atoms with Gasteiger partial charge in [0.15, 0.2) is 17.2 Å². The predicted octanol–water partition coefficient (Wildman–Crippen LogP) is 1.83. The van der Waals surface area contributed by atoms with E-state index in [-0.39, 0.29) is 5.91 Å². The van der Waals surface area contributed by atoms with Crippen molar-refractivity contribution in [2.24, 2.45) is 0 Å². The van der Waals surface area contributed by atoms with Crippen LogP contribution in [0.4, 0.5) is 5.69 Å². The van der Waals surface area contributed by atoms with Crippen LogP contribution in [0.5, 0.6) is 11.5 Å². The maximum atomic E-state index is 12.4. The van der Waals surface area contributed by atoms with Crippen molar-refractivity contribution in [3.05, 3.63) is 36.2 Å². The van der Waals surface area contributed by atoms with Crippen LogP contribution in [0.15, 0.2) is 30.5 Å². The molecule has 1 atom stereocenters. The molecule has 126 valence electrons. The molecule has 0 radical (unpaired) electrons. The number of rotatable bonds is 3. The number of anilines is 1. The van der Waals surface area contributed by atoms with E-state index in [1.165, 1.54) is 0 Å². The molecule has 2 N–H and O–H groups in total. The van der Waals surface area contributed by atoms with E-state index in [0.29, 0.717) is 42.1 Å². The Balaban J connectivity index is 1.45. The highest BCUT2D eigenvalue weighted by molar-refractivity contribution is 6.02. The quantitative estimate of drug-likeness (QED) is 0.899. The summed E-state index contributed by atoms with van der Waals surface area (Å²) in [5.41, 5.74) is 1.08. The minimum absolute atomic E-state index is 0.228. The van der Waals surface area contributed by atoms with Gasteiger partial charge >= 0.3 is 0 Å². The van der Waals surface area contributed by atoms with Gasteiger partial charge in [0.05, 0.1) is 6.04 Å². The van der Waals surface area contributed by atoms with E-state index in [9.17, 15) is 4.79 Å². The highest BCUT2D eigenvalue weighted by Crippen LogP contribution is 2.32. The molecule has 2 aliphatic heterocycles. The number of nitrogens with zero attached hydrogens (tertiary/aromatic N) is 2. The SMILES string of the molecule is O=C(Nc1ccc2c(c1)OCCO2)c1ccn(C2CCCNC2)n1. The molecule has 0 saturated carbocycles. The van der Waals surface area contributed by atoms with Crippen LogP contribution in [0, 0.1) is 0 Å². The van der Waals surface area contributed by atoms with Gasteiger partial charge in [0.25, 0.3) is 5.91 Å². The number of aromatic nitrogens is 2. The summed E-state index contributed by atoms with van der Waals surface area (Å²) in [4.78, 5) is 12.4. The average molecular weight is 328 g/mol. The Morgan fingerprint density at radius 1 is 1.25 bits per heavy atom. The normalized spacial score (nSPS) is 19.8. The number of fused-ring (bicyclic) bond motifs is 1. The van der Waals surface area contributed by atoms with Crippen molar-refractivity contribution >= 4 is 11.6 Å². The van der Waals surface area contributed by atoms with E-state index in [1.54, 1.807) is 24.3 Å². The summed E-state index contributed by atoms with van der Waals surface area (Å²) in [5, 5.41) is 10.6. The molecule has 0 bridgehead atoms. The van der Waals surface area contributed by atoms with Crippen molar-refractivity contribution < 1.29 is 14.3 Å². The second-order valence-electron chi connectivity index (χ2n) is 5.99. The summed E-state index contributed by atoms with van der Waals surface area (Å²) < 4.78 is 12.9. The molecule has 1 aromatic carbocycles. The number of carbonyl (C=O) groups is 1. The predicted molar refractivity (Wildman–Crippen MR) is 88.8 cm³/mol. The summed E-state index contributed by atoms with van der Waals surface area (Å²) in [7, 11) is 0. The molecule has 7 nitrogen and oxygen atoms in total. The maximum Gasteiger partial charge on any atom is 0.276 e. The van der Waals surface area contributed by atoms with Crippen molar-refractivity contribution in [2.45, 2.75) is 18.9 Å². The van der Waals surface area contributed by atoms with Gasteiger partial charge in [-0.15, -0.1) is 0 Å². The number of piperidine rings is 1. The molecule has 1 aromatic heterocycles. The number of ether oxygens (including phenoxy) is 2. The zero-order valence-corrected chi connectivity index (χ0v) is 13.3. The van der Waals surface area contributed by atoms with Crippen LogP contribution in [-0.2, 0) is 0 Å². The first kappa shape index (κ1) is 15.0. The van der Waals surface area contributed by atoms with Crippen LogP contribution in [0.25, 0.3) is 0 Å². The summed E-state index contributed by atoms with van der Waals surface area (Å²) in [6, 6.07) is 7.44. The molecular weight excluding hydrogens is 308 g/mol. The highest BCUT2D eigenvalue weighted by atomic mass is 16.6. The molecule has 0 aliphatic carbocycles. The molecule has 4 rings (SSSR count). The van der Waals surface area contributed by atoms with E-state index >= 15 is 0 Å². The molecular formula is C17H20N4O3. The smallest absolute Gasteiger partial charge is 0.276 e. The molecule has 24 heavy (non-hydrogen) atoms. The first-order valence-corrected chi connectivity index (χ1v) is 8.26. The van der Waals surface area contributed by atoms with Crippen molar-refractivity contribution in [1.82, 2.24) is 15.1 Å². The van der Waals surface area contributed by atoms with Gasteiger partial charge in [-0.2, -0.15) is 5.10 Å². The van der Waals surface area contributed by atoms with Gasteiger partial charge in [0, 0.05) is 24.5 Å². The lowest BCUT2D eigenvalue weighted by atomic mass is 10.1. The van der Waals surface area contributed by atoms with Gasteiger partial charge in [0.1, 0.15) is 13.2 Å². The summed E-state index contributed by atoms with van der Waals surface area (Å²) >= 11 is 0. The van der Waals surface area contributed by atoms with Crippen LogP contribution in [-0.4, -0.2) is 42.0 Å². The second-order valence-corrected chi connectivity index (χ2v) is 5.99. The van der Waals surface area contributed by atoms with Crippen molar-refractivity contribution in [3.8, 4) is 11.5 Å². The van der Waals surface area contributed by atoms with Gasteiger partial charge in [-0.05, 0) is 37.6 Å². The Bertz CT molecular complexity index is 737. The molecule has 3 heterocycles. The van der Waals surface area contributed by atoms with E-state index in [4.69, 9.17) is 9.47 Å². The van der Waals surface area contributed by atoms with Gasteiger partial charge in [0.2, 0.25) is 0 Å². The number of hydrogen-bond donors (Lipinski definition) is 2. The van der Waals surface area contributed by atoms with Crippen molar-refractivity contribution in [2.75, 3.05) is 31.6 Å². The van der Waals surface area contributed by atoms with Crippen LogP contribution in [0.2, 0.25) is 0 Å². The second kappa shape index (κ2) is 6.52. The molecule has 1 unspecified atom stereocenters. The Hall–Kier alpha value is -2.54. The first-order chi connectivity index (χ1) is 11.8. The van der Waals surface area contributed by atoms with Crippen LogP contribution >= 0.6 is 0 Å². The largest absolute Gasteiger partial charge is 0.486 e. The van der Waals surface area contributed by atoms with Gasteiger partial charge < -0.3 is 20.1 Å². The maximum absolute atomic E-state index is 12.4. The van der Waals surface area contributed by atoms with Gasteiger partial charge in [-0.1, -0.05) is 0 Å². The minimum Gasteiger partial charge on any atom is -0.486 e. The third-order valence-electron chi connectivity index (χ3n) is 4.29. The molecule has 7 heteroatoms. The molecule has 0 spiro atoms. The van der Waals surface area contributed by atoms with E-state index in [1.807, 2.05) is 10.9 Å². The number of amides is 1. The third kappa shape index (κ3) is 3.07. The fraction of sp³-hybridized carbons (Fsp3) is 0.412. The lowest BCUT2D eigenvalue weighted by Crippen LogP contribution is -2.32. The minimum atomic E-state index is -0.228. The topological polar surface area (TPSA) is 77.4 Å². The first-order valence-electron chi connectivity index (χ1n) is 8.26. The monoisotopic (exact) mass is 328 g/mol. The molecule has 2 aliphatic rings. The van der Waals surface area contributed by atoms with Gasteiger partial charge in [-0.25, -0.2) is 0 Å². The lowest BCUT2D eigenvalue weighted by molar-refractivity contribution is 0.102. The Labute approximate surface area is 139 Å². The number of carbonyl (C=O) groups excluding carboxylic acids is 1. The fourth-order valence-corrected chi connectivity index (χ4v) is 3.04. The lowest BCUT2D eigenvalue weighted by Gasteiger charge is -2.22. The van der Waals surface area contributed by atoms with E-state index in [2.05, 4.69) is 15.7 Å². The molecule has 1 fully saturated rings. The van der Waals surface area contributed by atoms with Crippen LogP contribution < -0.4 is 20.1 Å². The van der Waals surface area contributed by atoms with Gasteiger partial charge in [-0.3, -0.25) is 9.48 Å². The number of benzene rings is 1. The summed E-state index contributed by atoms with van der Waals surface area (Å²) in [5.74, 6) is 1.13. The third-order valence-corrected chi connectivity index (χ3v) is 4.29. The number of hydrogen-bond acceptors (Lipinski definition) is 5. The fourth-order valence-electron chi connectivity index (χ4n) is 3.04. The standard InChI is InChI=1S/C17H20N4O3/c22-17(14-5-7-21(20-14)13-2-1-6-18-11-13)19-12-3-4-15-16(10-12)24-9-8-23-15/h3-5,7,10,13,18H,1-2,6,8-9,11H2,(H,19,22).